The first-order valence-electron chi connectivity index (χ1n) is 8.47. The number of aliphatic imine (C=N–C) groups is 1. The second-order valence-electron chi connectivity index (χ2n) is 5.85. The molecule has 0 spiro atoms. The Bertz CT molecular complexity index is 848. The number of methoxy groups -OCH3 is 2. The summed E-state index contributed by atoms with van der Waals surface area (Å²) in [6.45, 7) is 1.51. The van der Waals surface area contributed by atoms with Gasteiger partial charge in [0.25, 0.3) is 0 Å². The van der Waals surface area contributed by atoms with Crippen LogP contribution >= 0.6 is 35.6 Å². The molecule has 0 bridgehead atoms. The number of nitrogens with one attached hydrogen (secondary N) is 1. The van der Waals surface area contributed by atoms with Crippen LogP contribution in [0, 0.1) is 0 Å². The maximum atomic E-state index is 6.31. The van der Waals surface area contributed by atoms with Crippen molar-refractivity contribution < 1.29 is 18.9 Å². The monoisotopic (exact) mass is 519 g/mol. The van der Waals surface area contributed by atoms with Crippen molar-refractivity contribution in [1.29, 1.82) is 0 Å². The first-order chi connectivity index (χ1) is 13.1. The van der Waals surface area contributed by atoms with Crippen LogP contribution in [0.2, 0.25) is 5.02 Å². The lowest BCUT2D eigenvalue weighted by molar-refractivity contribution is 0.297. The van der Waals surface area contributed by atoms with E-state index in [1.54, 1.807) is 38.5 Å². The van der Waals surface area contributed by atoms with E-state index in [0.717, 1.165) is 12.0 Å². The minimum Gasteiger partial charge on any atom is -0.497 e. The van der Waals surface area contributed by atoms with Crippen LogP contribution in [0.5, 0.6) is 23.0 Å². The van der Waals surface area contributed by atoms with Crippen molar-refractivity contribution in [3.8, 4) is 23.0 Å². The molecule has 9 heteroatoms. The van der Waals surface area contributed by atoms with Crippen LogP contribution in [0.15, 0.2) is 35.3 Å². The predicted molar refractivity (Wildman–Crippen MR) is 121 cm³/mol. The molecule has 0 aromatic heterocycles. The van der Waals surface area contributed by atoms with E-state index in [0.29, 0.717) is 53.5 Å². The summed E-state index contributed by atoms with van der Waals surface area (Å²) in [6, 6.07) is 9.05. The standard InChI is InChI=1S/C19H22ClN3O4.HI/c1-24-13-4-5-16(25-2)15(10-13)23-19(21)22-11-12-8-14(20)18-17(9-12)26-6-3-7-27-18;/h4-5,8-10H,3,6-7,11H2,1-2H3,(H3,21,22,23);1H. The number of rotatable bonds is 5. The topological polar surface area (TPSA) is 87.3 Å². The Labute approximate surface area is 186 Å². The van der Waals surface area contributed by atoms with Gasteiger partial charge >= 0.3 is 0 Å². The number of nitrogens with two attached hydrogens (primary N) is 1. The van der Waals surface area contributed by atoms with Gasteiger partial charge in [0.1, 0.15) is 11.5 Å². The van der Waals surface area contributed by atoms with Crippen LogP contribution in [-0.2, 0) is 6.54 Å². The van der Waals surface area contributed by atoms with E-state index in [-0.39, 0.29) is 29.9 Å². The summed E-state index contributed by atoms with van der Waals surface area (Å²) in [5.41, 5.74) is 7.55. The molecule has 28 heavy (non-hydrogen) atoms. The molecule has 3 N–H and O–H groups in total. The molecule has 2 aromatic rings. The van der Waals surface area contributed by atoms with Crippen molar-refractivity contribution in [3.63, 3.8) is 0 Å². The van der Waals surface area contributed by atoms with E-state index < -0.39 is 0 Å². The number of benzene rings is 2. The normalized spacial score (nSPS) is 13.2. The summed E-state index contributed by atoms with van der Waals surface area (Å²) < 4.78 is 21.9. The van der Waals surface area contributed by atoms with Gasteiger partial charge in [0, 0.05) is 12.5 Å². The number of anilines is 1. The van der Waals surface area contributed by atoms with Crippen molar-refractivity contribution in [2.75, 3.05) is 32.8 Å². The zero-order valence-electron chi connectivity index (χ0n) is 15.7. The van der Waals surface area contributed by atoms with Crippen molar-refractivity contribution in [2.24, 2.45) is 10.7 Å². The Hall–Kier alpha value is -2.07. The molecule has 0 amide bonds. The third-order valence-electron chi connectivity index (χ3n) is 3.96. The molecule has 3 rings (SSSR count). The van der Waals surface area contributed by atoms with Gasteiger partial charge in [-0.1, -0.05) is 11.6 Å². The third kappa shape index (κ3) is 5.48. The molecular formula is C19H23ClIN3O4. The molecule has 0 unspecified atom stereocenters. The fourth-order valence-electron chi connectivity index (χ4n) is 2.64. The molecule has 0 fully saturated rings. The summed E-state index contributed by atoms with van der Waals surface area (Å²) >= 11 is 6.31. The Morgan fingerprint density at radius 1 is 1.18 bits per heavy atom. The lowest BCUT2D eigenvalue weighted by atomic mass is 10.2. The fraction of sp³-hybridized carbons (Fsp3) is 0.316. The van der Waals surface area contributed by atoms with Gasteiger partial charge in [0.05, 0.1) is 44.7 Å². The Balaban J connectivity index is 0.00000280. The Morgan fingerprint density at radius 2 is 1.96 bits per heavy atom. The molecule has 0 radical (unpaired) electrons. The lowest BCUT2D eigenvalue weighted by Crippen LogP contribution is -2.23. The number of halogens is 2. The van der Waals surface area contributed by atoms with Gasteiger partial charge in [0.2, 0.25) is 0 Å². The van der Waals surface area contributed by atoms with Crippen molar-refractivity contribution >= 4 is 47.2 Å². The number of fused-ring (bicyclic) bond motifs is 1. The molecule has 2 aromatic carbocycles. The SMILES string of the molecule is COc1ccc(OC)c(NC(N)=NCc2cc(Cl)c3c(c2)OCCCO3)c1.I. The van der Waals surface area contributed by atoms with Crippen molar-refractivity contribution in [3.05, 3.63) is 40.9 Å². The molecule has 0 saturated heterocycles. The van der Waals surface area contributed by atoms with Crippen molar-refractivity contribution in [1.82, 2.24) is 0 Å². The van der Waals surface area contributed by atoms with Gasteiger partial charge in [-0.15, -0.1) is 24.0 Å². The zero-order valence-corrected chi connectivity index (χ0v) is 18.7. The van der Waals surface area contributed by atoms with Crippen LogP contribution in [-0.4, -0.2) is 33.4 Å². The lowest BCUT2D eigenvalue weighted by Gasteiger charge is -2.13. The summed E-state index contributed by atoms with van der Waals surface area (Å²) in [6.07, 6.45) is 0.817. The second-order valence-corrected chi connectivity index (χ2v) is 6.26. The first-order valence-corrected chi connectivity index (χ1v) is 8.85. The summed E-state index contributed by atoms with van der Waals surface area (Å²) in [4.78, 5) is 4.37. The molecule has 1 aliphatic heterocycles. The molecule has 1 heterocycles. The highest BCUT2D eigenvalue weighted by atomic mass is 127. The highest BCUT2D eigenvalue weighted by Gasteiger charge is 2.15. The highest BCUT2D eigenvalue weighted by Crippen LogP contribution is 2.38. The molecule has 1 aliphatic rings. The van der Waals surface area contributed by atoms with E-state index in [1.165, 1.54) is 0 Å². The Kier molecular flexibility index (Phi) is 8.31. The van der Waals surface area contributed by atoms with Crippen LogP contribution in [0.3, 0.4) is 0 Å². The van der Waals surface area contributed by atoms with E-state index in [2.05, 4.69) is 10.3 Å². The average Bonchev–Trinajstić information content (AvgIpc) is 2.92. The fourth-order valence-corrected chi connectivity index (χ4v) is 2.93. The number of hydrogen-bond donors (Lipinski definition) is 2. The van der Waals surface area contributed by atoms with Crippen LogP contribution in [0.4, 0.5) is 5.69 Å². The van der Waals surface area contributed by atoms with E-state index in [1.807, 2.05) is 6.07 Å². The van der Waals surface area contributed by atoms with Crippen LogP contribution < -0.4 is 30.0 Å². The quantitative estimate of drug-likeness (QED) is 0.352. The van der Waals surface area contributed by atoms with Crippen LogP contribution in [0.1, 0.15) is 12.0 Å². The summed E-state index contributed by atoms with van der Waals surface area (Å²) in [5.74, 6) is 2.76. The van der Waals surface area contributed by atoms with Gasteiger partial charge in [-0.25, -0.2) is 4.99 Å². The second kappa shape index (κ2) is 10.5. The number of nitrogens with zero attached hydrogens (tertiary/aromatic N) is 1. The zero-order chi connectivity index (χ0) is 19.2. The predicted octanol–water partition coefficient (Wildman–Crippen LogP) is 4.06. The molecule has 152 valence electrons. The van der Waals surface area contributed by atoms with Crippen molar-refractivity contribution in [2.45, 2.75) is 13.0 Å². The molecule has 0 atom stereocenters. The Morgan fingerprint density at radius 3 is 2.71 bits per heavy atom. The number of hydrogen-bond acceptors (Lipinski definition) is 5. The maximum Gasteiger partial charge on any atom is 0.193 e. The molecule has 7 nitrogen and oxygen atoms in total. The summed E-state index contributed by atoms with van der Waals surface area (Å²) in [7, 11) is 3.18. The molecule has 0 saturated carbocycles. The van der Waals surface area contributed by atoms with Gasteiger partial charge in [-0.3, -0.25) is 0 Å². The van der Waals surface area contributed by atoms with Gasteiger partial charge in [-0.2, -0.15) is 0 Å². The number of guanidine groups is 1. The summed E-state index contributed by atoms with van der Waals surface area (Å²) in [5, 5.41) is 3.53. The van der Waals surface area contributed by atoms with E-state index in [4.69, 9.17) is 36.3 Å². The molecular weight excluding hydrogens is 497 g/mol. The van der Waals surface area contributed by atoms with E-state index >= 15 is 0 Å². The third-order valence-corrected chi connectivity index (χ3v) is 4.24. The van der Waals surface area contributed by atoms with Gasteiger partial charge in [-0.05, 0) is 29.8 Å². The van der Waals surface area contributed by atoms with Gasteiger partial charge < -0.3 is 30.0 Å². The smallest absolute Gasteiger partial charge is 0.193 e. The van der Waals surface area contributed by atoms with E-state index in [9.17, 15) is 0 Å². The minimum absolute atomic E-state index is 0. The highest BCUT2D eigenvalue weighted by molar-refractivity contribution is 14.0. The van der Waals surface area contributed by atoms with Gasteiger partial charge in [0.15, 0.2) is 17.5 Å². The minimum atomic E-state index is 0. The number of ether oxygens (including phenoxy) is 4. The van der Waals surface area contributed by atoms with Crippen LogP contribution in [0.25, 0.3) is 0 Å². The molecule has 0 aliphatic carbocycles. The largest absolute Gasteiger partial charge is 0.497 e. The first kappa shape index (κ1) is 22.2. The maximum absolute atomic E-state index is 6.31. The average molecular weight is 520 g/mol.